The van der Waals surface area contributed by atoms with E-state index in [1.165, 1.54) is 37.4 Å². The van der Waals surface area contributed by atoms with Gasteiger partial charge in [0.15, 0.2) is 0 Å². The molecule has 0 aromatic rings. The van der Waals surface area contributed by atoms with Crippen molar-refractivity contribution in [1.29, 1.82) is 0 Å². The maximum atomic E-state index is 12.8. The maximum absolute atomic E-state index is 12.8. The van der Waals surface area contributed by atoms with Gasteiger partial charge in [0, 0.05) is 6.54 Å². The van der Waals surface area contributed by atoms with Gasteiger partial charge in [-0.05, 0) is 31.4 Å². The zero-order valence-electron chi connectivity index (χ0n) is 16.5. The molecule has 1 aliphatic carbocycles. The van der Waals surface area contributed by atoms with Crippen LogP contribution in [0.5, 0.6) is 0 Å². The Bertz CT molecular complexity index is 536. The second kappa shape index (κ2) is 9.81. The van der Waals surface area contributed by atoms with E-state index < -0.39 is 41.3 Å². The van der Waals surface area contributed by atoms with Crippen molar-refractivity contribution >= 4 is 29.3 Å². The van der Waals surface area contributed by atoms with Crippen LogP contribution in [0.4, 0.5) is 0 Å². The van der Waals surface area contributed by atoms with Crippen LogP contribution in [0.2, 0.25) is 0 Å². The predicted octanol–water partition coefficient (Wildman–Crippen LogP) is 0.437. The predicted molar refractivity (Wildman–Crippen MR) is 109 cm³/mol. The molecule has 0 aromatic heterocycles. The summed E-state index contributed by atoms with van der Waals surface area (Å²) in [7, 11) is 0. The van der Waals surface area contributed by atoms with Crippen LogP contribution in [0, 0.1) is 11.8 Å². The SMILES string of the molecule is CSC1OC(C(NC(=O)C2NCC2CCC2CCC2)C(C)Cl)C(O)C(O)C1O. The number of rotatable bonds is 8. The average molecular weight is 437 g/mol. The second-order valence-corrected chi connectivity index (χ2v) is 10.0. The van der Waals surface area contributed by atoms with Gasteiger partial charge >= 0.3 is 0 Å². The summed E-state index contributed by atoms with van der Waals surface area (Å²) in [5, 5.41) is 36.2. The van der Waals surface area contributed by atoms with Gasteiger partial charge in [0.05, 0.1) is 17.5 Å². The van der Waals surface area contributed by atoms with Crippen LogP contribution < -0.4 is 10.6 Å². The molecule has 7 nitrogen and oxygen atoms in total. The van der Waals surface area contributed by atoms with Crippen molar-refractivity contribution in [2.75, 3.05) is 12.8 Å². The average Bonchev–Trinajstić information content (AvgIpc) is 2.59. The number of halogens is 1. The molecular weight excluding hydrogens is 404 g/mol. The van der Waals surface area contributed by atoms with Crippen LogP contribution in [0.1, 0.15) is 39.0 Å². The molecule has 1 saturated carbocycles. The lowest BCUT2D eigenvalue weighted by Crippen LogP contribution is -2.67. The Hall–Kier alpha value is -0.0900. The molecule has 162 valence electrons. The summed E-state index contributed by atoms with van der Waals surface area (Å²) in [5.74, 6) is 0.983. The number of aliphatic hydroxyl groups is 3. The number of alkyl halides is 1. The third-order valence-corrected chi connectivity index (χ3v) is 7.65. The topological polar surface area (TPSA) is 111 Å². The standard InChI is InChI=1S/C19H33ClN2O5S/c1-9(20)12(17-15(24)14(23)16(25)19(27-17)28-2)22-18(26)13-11(8-21-13)7-6-10-4-3-5-10/h9-17,19,21,23-25H,3-8H2,1-2H3,(H,22,26). The molecule has 28 heavy (non-hydrogen) atoms. The summed E-state index contributed by atoms with van der Waals surface area (Å²) in [6, 6.07) is -0.943. The molecule has 0 spiro atoms. The fourth-order valence-electron chi connectivity index (χ4n) is 4.29. The third kappa shape index (κ3) is 4.79. The number of aliphatic hydroxyl groups excluding tert-OH is 3. The Labute approximate surface area is 175 Å². The first-order valence-corrected chi connectivity index (χ1v) is 12.0. The Morgan fingerprint density at radius 1 is 1.25 bits per heavy atom. The number of hydrogen-bond acceptors (Lipinski definition) is 7. The first-order chi connectivity index (χ1) is 13.3. The first-order valence-electron chi connectivity index (χ1n) is 10.2. The van der Waals surface area contributed by atoms with Gasteiger partial charge in [-0.2, -0.15) is 0 Å². The zero-order chi connectivity index (χ0) is 20.4. The molecule has 3 rings (SSSR count). The lowest BCUT2D eigenvalue weighted by Gasteiger charge is -2.45. The molecule has 9 atom stereocenters. The van der Waals surface area contributed by atoms with Crippen LogP contribution >= 0.6 is 23.4 Å². The van der Waals surface area contributed by atoms with Crippen molar-refractivity contribution in [3.05, 3.63) is 0 Å². The van der Waals surface area contributed by atoms with Crippen molar-refractivity contribution in [2.24, 2.45) is 11.8 Å². The van der Waals surface area contributed by atoms with Crippen molar-refractivity contribution in [1.82, 2.24) is 10.6 Å². The molecule has 3 aliphatic rings. The van der Waals surface area contributed by atoms with E-state index >= 15 is 0 Å². The van der Waals surface area contributed by atoms with E-state index in [9.17, 15) is 20.1 Å². The van der Waals surface area contributed by atoms with E-state index in [-0.39, 0.29) is 11.9 Å². The monoisotopic (exact) mass is 436 g/mol. The van der Waals surface area contributed by atoms with E-state index in [4.69, 9.17) is 16.3 Å². The molecule has 0 aromatic carbocycles. The van der Waals surface area contributed by atoms with E-state index in [1.54, 1.807) is 13.2 Å². The normalized spacial score (nSPS) is 40.9. The Balaban J connectivity index is 1.59. The molecule has 1 amide bonds. The molecule has 2 aliphatic heterocycles. The number of hydrogen-bond donors (Lipinski definition) is 5. The fourth-order valence-corrected chi connectivity index (χ4v) is 5.17. The molecular formula is C19H33ClN2O5S. The summed E-state index contributed by atoms with van der Waals surface area (Å²) in [4.78, 5) is 12.8. The lowest BCUT2D eigenvalue weighted by atomic mass is 9.77. The van der Waals surface area contributed by atoms with Crippen LogP contribution in [-0.4, -0.2) is 81.3 Å². The van der Waals surface area contributed by atoms with Gasteiger partial charge in [-0.1, -0.05) is 25.7 Å². The minimum absolute atomic E-state index is 0.153. The number of carbonyl (C=O) groups is 1. The Morgan fingerprint density at radius 2 is 1.96 bits per heavy atom. The minimum Gasteiger partial charge on any atom is -0.388 e. The summed E-state index contributed by atoms with van der Waals surface area (Å²) >= 11 is 7.55. The van der Waals surface area contributed by atoms with Crippen molar-refractivity contribution in [3.8, 4) is 0 Å². The number of nitrogens with one attached hydrogen (secondary N) is 2. The maximum Gasteiger partial charge on any atom is 0.237 e. The van der Waals surface area contributed by atoms with E-state index in [2.05, 4.69) is 10.6 Å². The van der Waals surface area contributed by atoms with Gasteiger partial charge in [-0.15, -0.1) is 23.4 Å². The molecule has 5 N–H and O–H groups in total. The Morgan fingerprint density at radius 3 is 2.46 bits per heavy atom. The number of thioether (sulfide) groups is 1. The summed E-state index contributed by atoms with van der Waals surface area (Å²) in [5.41, 5.74) is -0.699. The van der Waals surface area contributed by atoms with Gasteiger partial charge in [-0.3, -0.25) is 4.79 Å². The van der Waals surface area contributed by atoms with Crippen molar-refractivity contribution in [3.63, 3.8) is 0 Å². The fraction of sp³-hybridized carbons (Fsp3) is 0.947. The quantitative estimate of drug-likeness (QED) is 0.351. The number of ether oxygens (including phenoxy) is 1. The summed E-state index contributed by atoms with van der Waals surface area (Å²) in [6.07, 6.45) is 3.11. The highest BCUT2D eigenvalue weighted by molar-refractivity contribution is 7.99. The number of carbonyl (C=O) groups excluding carboxylic acids is 1. The minimum atomic E-state index is -1.36. The van der Waals surface area contributed by atoms with Crippen LogP contribution in [0.25, 0.3) is 0 Å². The van der Waals surface area contributed by atoms with Crippen LogP contribution in [0.15, 0.2) is 0 Å². The van der Waals surface area contributed by atoms with Gasteiger partial charge < -0.3 is 30.7 Å². The highest BCUT2D eigenvalue weighted by Crippen LogP contribution is 2.34. The van der Waals surface area contributed by atoms with Gasteiger partial charge in [0.2, 0.25) is 5.91 Å². The molecule has 9 heteroatoms. The van der Waals surface area contributed by atoms with E-state index in [0.29, 0.717) is 5.92 Å². The molecule has 0 radical (unpaired) electrons. The largest absolute Gasteiger partial charge is 0.388 e. The molecule has 0 bridgehead atoms. The molecule has 3 fully saturated rings. The van der Waals surface area contributed by atoms with Gasteiger partial charge in [0.25, 0.3) is 0 Å². The molecule has 2 heterocycles. The van der Waals surface area contributed by atoms with Gasteiger partial charge in [-0.25, -0.2) is 0 Å². The number of amides is 1. The van der Waals surface area contributed by atoms with E-state index in [0.717, 1.165) is 18.9 Å². The second-order valence-electron chi connectivity index (χ2n) is 8.41. The smallest absolute Gasteiger partial charge is 0.237 e. The highest BCUT2D eigenvalue weighted by Gasteiger charge is 2.48. The summed E-state index contributed by atoms with van der Waals surface area (Å²) < 4.78 is 5.80. The van der Waals surface area contributed by atoms with Crippen LogP contribution in [-0.2, 0) is 9.53 Å². The van der Waals surface area contributed by atoms with Crippen molar-refractivity contribution < 1.29 is 24.9 Å². The van der Waals surface area contributed by atoms with Gasteiger partial charge in [0.1, 0.15) is 29.9 Å². The van der Waals surface area contributed by atoms with Crippen LogP contribution in [0.3, 0.4) is 0 Å². The molecule has 9 unspecified atom stereocenters. The van der Waals surface area contributed by atoms with E-state index in [1.807, 2.05) is 0 Å². The lowest BCUT2D eigenvalue weighted by molar-refractivity contribution is -0.205. The zero-order valence-corrected chi connectivity index (χ0v) is 18.0. The Kier molecular flexibility index (Phi) is 7.92. The molecule has 2 saturated heterocycles. The van der Waals surface area contributed by atoms with Crippen molar-refractivity contribution in [2.45, 2.75) is 86.3 Å². The summed E-state index contributed by atoms with van der Waals surface area (Å²) in [6.45, 7) is 2.56. The first kappa shape index (κ1) is 22.6. The highest BCUT2D eigenvalue weighted by atomic mass is 35.5. The third-order valence-electron chi connectivity index (χ3n) is 6.52.